The summed E-state index contributed by atoms with van der Waals surface area (Å²) in [4.78, 5) is 38.7. The number of carboxylic acid groups (broad SMARTS) is 1. The van der Waals surface area contributed by atoms with Crippen LogP contribution < -0.4 is 31.4 Å². The third-order valence-electron chi connectivity index (χ3n) is 5.24. The van der Waals surface area contributed by atoms with E-state index in [1.54, 1.807) is 54.7 Å². The van der Waals surface area contributed by atoms with Crippen molar-refractivity contribution in [1.29, 1.82) is 5.41 Å². The molecule has 0 saturated carbocycles. The van der Waals surface area contributed by atoms with Crippen molar-refractivity contribution in [2.24, 2.45) is 5.73 Å². The number of hydrazine groups is 1. The molecule has 236 valence electrons. The van der Waals surface area contributed by atoms with Crippen LogP contribution in [0.15, 0.2) is 65.4 Å². The highest BCUT2D eigenvalue weighted by atomic mass is 79.9. The highest BCUT2D eigenvalue weighted by molar-refractivity contribution is 9.10. The van der Waals surface area contributed by atoms with E-state index in [0.717, 1.165) is 0 Å². The lowest BCUT2D eigenvalue weighted by atomic mass is 10.0. The average Bonchev–Trinajstić information content (AvgIpc) is 2.95. The van der Waals surface area contributed by atoms with E-state index in [-0.39, 0.29) is 17.5 Å². The summed E-state index contributed by atoms with van der Waals surface area (Å²) in [5.74, 6) is -2.82. The van der Waals surface area contributed by atoms with Crippen LogP contribution in [-0.2, 0) is 9.59 Å². The van der Waals surface area contributed by atoms with Crippen LogP contribution in [0, 0.1) is 5.41 Å². The maximum Gasteiger partial charge on any atom is 0.490 e. The van der Waals surface area contributed by atoms with E-state index in [1.807, 2.05) is 20.8 Å². The Balaban J connectivity index is 0.000000860. The number of nitrogen functional groups attached to an aromatic ring is 1. The van der Waals surface area contributed by atoms with E-state index >= 15 is 0 Å². The van der Waals surface area contributed by atoms with Gasteiger partial charge in [0, 0.05) is 28.1 Å². The number of anilines is 1. The van der Waals surface area contributed by atoms with Crippen LogP contribution in [0.25, 0.3) is 0 Å². The van der Waals surface area contributed by atoms with Gasteiger partial charge in [-0.2, -0.15) is 13.2 Å². The molecule has 7 N–H and O–H groups in total. The van der Waals surface area contributed by atoms with Gasteiger partial charge in [-0.05, 0) is 84.7 Å². The number of carbonyl (C=O) groups is 3. The smallest absolute Gasteiger partial charge is 0.490 e. The number of nitrogens with two attached hydrogens (primary N) is 1. The molecule has 3 aromatic rings. The minimum absolute atomic E-state index is 0.0623. The number of benzene rings is 2. The van der Waals surface area contributed by atoms with Crippen LogP contribution in [-0.4, -0.2) is 52.6 Å². The van der Waals surface area contributed by atoms with Gasteiger partial charge in [0.1, 0.15) is 11.9 Å². The molecular weight excluding hydrogens is 653 g/mol. The number of carbonyl (C=O) groups excluding carboxylic acids is 2. The maximum atomic E-state index is 13.3. The molecule has 1 unspecified atom stereocenters. The molecule has 1 atom stereocenters. The summed E-state index contributed by atoms with van der Waals surface area (Å²) in [6.45, 7) is 6.09. The molecule has 0 aliphatic heterocycles. The number of halogens is 4. The number of amidine groups is 1. The number of alkyl halides is 3. The molecule has 0 fully saturated rings. The van der Waals surface area contributed by atoms with Crippen molar-refractivity contribution in [3.63, 3.8) is 0 Å². The fourth-order valence-electron chi connectivity index (χ4n) is 3.34. The highest BCUT2D eigenvalue weighted by Crippen LogP contribution is 2.33. The Morgan fingerprint density at radius 2 is 1.66 bits per heavy atom. The fraction of sp³-hybridized carbons (Fsp3) is 0.250. The number of ether oxygens (including phenoxy) is 2. The van der Waals surface area contributed by atoms with Crippen molar-refractivity contribution < 1.29 is 42.1 Å². The minimum Gasteiger partial charge on any atom is -0.490 e. The van der Waals surface area contributed by atoms with Crippen molar-refractivity contribution in [1.82, 2.24) is 15.8 Å². The second-order valence-electron chi connectivity index (χ2n) is 9.01. The number of nitrogens with zero attached hydrogens (tertiary/aromatic N) is 1. The second-order valence-corrected chi connectivity index (χ2v) is 9.93. The Hall–Kier alpha value is -4.86. The summed E-state index contributed by atoms with van der Waals surface area (Å²) >= 11 is 3.27. The van der Waals surface area contributed by atoms with Gasteiger partial charge in [-0.25, -0.2) is 4.79 Å². The quantitative estimate of drug-likeness (QED) is 0.101. The minimum atomic E-state index is -5.08. The average molecular weight is 683 g/mol. The third kappa shape index (κ3) is 11.1. The topological polar surface area (TPSA) is 189 Å². The van der Waals surface area contributed by atoms with Gasteiger partial charge in [0.15, 0.2) is 11.5 Å². The molecule has 0 radical (unpaired) electrons. The zero-order valence-electron chi connectivity index (χ0n) is 23.7. The molecule has 0 saturated heterocycles. The van der Waals surface area contributed by atoms with Gasteiger partial charge in [-0.3, -0.25) is 30.8 Å². The van der Waals surface area contributed by atoms with Crippen molar-refractivity contribution in [2.45, 2.75) is 39.1 Å². The number of aromatic nitrogens is 1. The Labute approximate surface area is 258 Å². The predicted molar refractivity (Wildman–Crippen MR) is 158 cm³/mol. The molecule has 12 nitrogen and oxygen atoms in total. The molecule has 0 aliphatic rings. The third-order valence-corrected chi connectivity index (χ3v) is 5.68. The number of nitrogens with one attached hydrogen (secondary N) is 4. The van der Waals surface area contributed by atoms with Crippen molar-refractivity contribution in [2.75, 3.05) is 11.9 Å². The van der Waals surface area contributed by atoms with Crippen LogP contribution in [0.5, 0.6) is 11.5 Å². The Bertz CT molecular complexity index is 1470. The lowest BCUT2D eigenvalue weighted by Crippen LogP contribution is -2.45. The number of aliphatic carboxylic acids is 1. The SMILES string of the molecule is CCOc1cc(C(Nc2ccc(C(=N)N)cc2)C(=O)NNC(=O)c2cncc(Br)c2)ccc1OC(C)C.O=C(O)C(F)(F)F. The number of hydrogen-bond donors (Lipinski definition) is 6. The molecule has 16 heteroatoms. The van der Waals surface area contributed by atoms with E-state index in [4.69, 9.17) is 30.5 Å². The summed E-state index contributed by atoms with van der Waals surface area (Å²) < 4.78 is 44.0. The Morgan fingerprint density at radius 3 is 2.18 bits per heavy atom. The first-order valence-electron chi connectivity index (χ1n) is 12.8. The van der Waals surface area contributed by atoms with E-state index in [9.17, 15) is 22.8 Å². The standard InChI is InChI=1S/C26H29BrN6O4.C2HF3O2/c1-4-36-22-12-17(7-10-21(22)37-15(2)3)23(31-20-8-5-16(6-9-20)24(28)29)26(35)33-32-25(34)18-11-19(27)14-30-13-18;3-2(4,5)1(6)7/h5-15,23,31H,4H2,1-3H3,(H3,28,29)(H,32,34)(H,33,35);(H,6,7). The number of rotatable bonds is 10. The monoisotopic (exact) mass is 682 g/mol. The summed E-state index contributed by atoms with van der Waals surface area (Å²) in [5.41, 5.74) is 12.5. The highest BCUT2D eigenvalue weighted by Gasteiger charge is 2.38. The van der Waals surface area contributed by atoms with Crippen LogP contribution in [0.4, 0.5) is 18.9 Å². The lowest BCUT2D eigenvalue weighted by Gasteiger charge is -2.22. The van der Waals surface area contributed by atoms with Crippen LogP contribution in [0.3, 0.4) is 0 Å². The maximum absolute atomic E-state index is 13.3. The predicted octanol–water partition coefficient (Wildman–Crippen LogP) is 4.56. The summed E-state index contributed by atoms with van der Waals surface area (Å²) in [7, 11) is 0. The largest absolute Gasteiger partial charge is 0.490 e. The van der Waals surface area contributed by atoms with Gasteiger partial charge in [0.05, 0.1) is 18.3 Å². The van der Waals surface area contributed by atoms with Gasteiger partial charge in [-0.1, -0.05) is 6.07 Å². The fourth-order valence-corrected chi connectivity index (χ4v) is 3.70. The molecule has 2 aromatic carbocycles. The number of carboxylic acids is 1. The molecule has 1 heterocycles. The van der Waals surface area contributed by atoms with Gasteiger partial charge in [-0.15, -0.1) is 0 Å². The van der Waals surface area contributed by atoms with Crippen molar-refractivity contribution in [3.8, 4) is 11.5 Å². The molecule has 0 bridgehead atoms. The first-order valence-corrected chi connectivity index (χ1v) is 13.6. The van der Waals surface area contributed by atoms with Gasteiger partial charge in [0.25, 0.3) is 11.8 Å². The van der Waals surface area contributed by atoms with Gasteiger partial charge >= 0.3 is 12.1 Å². The van der Waals surface area contributed by atoms with Crippen LogP contribution in [0.2, 0.25) is 0 Å². The van der Waals surface area contributed by atoms with E-state index in [1.165, 1.54) is 6.20 Å². The van der Waals surface area contributed by atoms with Gasteiger partial charge < -0.3 is 25.6 Å². The first kappa shape index (κ1) is 35.3. The van der Waals surface area contributed by atoms with E-state index in [0.29, 0.717) is 39.4 Å². The van der Waals surface area contributed by atoms with Gasteiger partial charge in [0.2, 0.25) is 0 Å². The Kier molecular flexibility index (Phi) is 12.9. The molecule has 44 heavy (non-hydrogen) atoms. The second kappa shape index (κ2) is 16.1. The van der Waals surface area contributed by atoms with Crippen molar-refractivity contribution >= 4 is 45.2 Å². The zero-order chi connectivity index (χ0) is 33.0. The van der Waals surface area contributed by atoms with Crippen LogP contribution >= 0.6 is 15.9 Å². The number of pyridine rings is 1. The molecule has 3 rings (SSSR count). The molecule has 0 spiro atoms. The number of hydrogen-bond acceptors (Lipinski definition) is 8. The molecule has 1 aromatic heterocycles. The lowest BCUT2D eigenvalue weighted by molar-refractivity contribution is -0.192. The van der Waals surface area contributed by atoms with E-state index in [2.05, 4.69) is 37.1 Å². The number of amides is 2. The summed E-state index contributed by atoms with van der Waals surface area (Å²) in [5, 5.41) is 17.9. The van der Waals surface area contributed by atoms with Crippen LogP contribution in [0.1, 0.15) is 48.3 Å². The molecule has 2 amide bonds. The molecular formula is C28H30BrF3N6O6. The molecule has 0 aliphatic carbocycles. The van der Waals surface area contributed by atoms with E-state index < -0.39 is 30.0 Å². The summed E-state index contributed by atoms with van der Waals surface area (Å²) in [6.07, 6.45) is -2.21. The zero-order valence-corrected chi connectivity index (χ0v) is 25.2. The van der Waals surface area contributed by atoms with Crippen molar-refractivity contribution in [3.05, 3.63) is 82.1 Å². The first-order chi connectivity index (χ1) is 20.6. The summed E-state index contributed by atoms with van der Waals surface area (Å²) in [6, 6.07) is 12.7. The normalized spacial score (nSPS) is 11.4. The Morgan fingerprint density at radius 1 is 1.02 bits per heavy atom.